The van der Waals surface area contributed by atoms with Crippen molar-refractivity contribution in [2.45, 2.75) is 33.3 Å². The maximum absolute atomic E-state index is 11.2. The van der Waals surface area contributed by atoms with Crippen molar-refractivity contribution in [2.75, 3.05) is 31.9 Å². The van der Waals surface area contributed by atoms with Crippen molar-refractivity contribution in [3.8, 4) is 0 Å². The topological polar surface area (TPSA) is 69.6 Å². The Labute approximate surface area is 98.9 Å². The molecule has 0 amide bonds. The zero-order valence-corrected chi connectivity index (χ0v) is 11.5. The van der Waals surface area contributed by atoms with Crippen molar-refractivity contribution >= 4 is 10.0 Å². The van der Waals surface area contributed by atoms with Gasteiger partial charge in [-0.05, 0) is 27.3 Å². The summed E-state index contributed by atoms with van der Waals surface area (Å²) in [5.74, 6) is 0.102. The van der Waals surface area contributed by atoms with Gasteiger partial charge in [-0.1, -0.05) is 6.92 Å². The third kappa shape index (κ3) is 8.04. The first-order valence-corrected chi connectivity index (χ1v) is 7.27. The average molecular weight is 252 g/mol. The number of hydrogen-bond donors (Lipinski definition) is 2. The fourth-order valence-corrected chi connectivity index (χ4v) is 1.96. The summed E-state index contributed by atoms with van der Waals surface area (Å²) in [6.45, 7) is 9.41. The molecule has 0 aliphatic rings. The summed E-state index contributed by atoms with van der Waals surface area (Å²) in [4.78, 5) is 2.01. The number of hydrogen-bond acceptors (Lipinski definition) is 4. The Kier molecular flexibility index (Phi) is 6.47. The van der Waals surface area contributed by atoms with Crippen molar-refractivity contribution in [1.82, 2.24) is 9.62 Å². The summed E-state index contributed by atoms with van der Waals surface area (Å²) in [7, 11) is -3.11. The first kappa shape index (κ1) is 15.8. The van der Waals surface area contributed by atoms with Crippen LogP contribution in [0.15, 0.2) is 0 Å². The highest BCUT2D eigenvalue weighted by molar-refractivity contribution is 7.89. The Morgan fingerprint density at radius 2 is 1.88 bits per heavy atom. The van der Waals surface area contributed by atoms with Crippen LogP contribution in [0.1, 0.15) is 27.7 Å². The van der Waals surface area contributed by atoms with E-state index in [1.165, 1.54) is 0 Å². The second-order valence-corrected chi connectivity index (χ2v) is 6.57. The predicted molar refractivity (Wildman–Crippen MR) is 65.9 cm³/mol. The third-order valence-corrected chi connectivity index (χ3v) is 3.59. The zero-order chi connectivity index (χ0) is 12.8. The molecule has 16 heavy (non-hydrogen) atoms. The lowest BCUT2D eigenvalue weighted by molar-refractivity contribution is 0.0387. The van der Waals surface area contributed by atoms with Gasteiger partial charge >= 0.3 is 0 Å². The fourth-order valence-electron chi connectivity index (χ4n) is 1.36. The second kappa shape index (κ2) is 6.54. The van der Waals surface area contributed by atoms with Gasteiger partial charge in [-0.15, -0.1) is 0 Å². The highest BCUT2D eigenvalue weighted by atomic mass is 32.2. The molecule has 0 rings (SSSR count). The minimum Gasteiger partial charge on any atom is -0.389 e. The molecular formula is C10H24N2O3S. The summed E-state index contributed by atoms with van der Waals surface area (Å²) in [6.07, 6.45) is 0. The molecular weight excluding hydrogens is 228 g/mol. The van der Waals surface area contributed by atoms with E-state index in [4.69, 9.17) is 0 Å². The van der Waals surface area contributed by atoms with E-state index in [1.807, 2.05) is 11.8 Å². The monoisotopic (exact) mass is 252 g/mol. The van der Waals surface area contributed by atoms with Gasteiger partial charge in [-0.3, -0.25) is 4.90 Å². The molecule has 0 bridgehead atoms. The molecule has 0 aromatic carbocycles. The van der Waals surface area contributed by atoms with E-state index in [0.717, 1.165) is 6.54 Å². The summed E-state index contributed by atoms with van der Waals surface area (Å²) >= 11 is 0. The van der Waals surface area contributed by atoms with Crippen LogP contribution < -0.4 is 4.72 Å². The van der Waals surface area contributed by atoms with Gasteiger partial charge in [0.2, 0.25) is 10.0 Å². The molecule has 0 aliphatic heterocycles. The normalized spacial score (nSPS) is 13.4. The first-order chi connectivity index (χ1) is 7.20. The van der Waals surface area contributed by atoms with Gasteiger partial charge in [0.15, 0.2) is 0 Å². The maximum Gasteiger partial charge on any atom is 0.211 e. The highest BCUT2D eigenvalue weighted by Gasteiger charge is 2.17. The van der Waals surface area contributed by atoms with Crippen LogP contribution in [0.3, 0.4) is 0 Å². The Balaban J connectivity index is 3.98. The predicted octanol–water partition coefficient (Wildman–Crippen LogP) is 0.0185. The maximum atomic E-state index is 11.2. The van der Waals surface area contributed by atoms with Gasteiger partial charge in [-0.25, -0.2) is 13.1 Å². The number of likely N-dealkylation sites (N-methyl/N-ethyl adjacent to an activating group) is 1. The third-order valence-electron chi connectivity index (χ3n) is 2.19. The molecule has 0 aliphatic carbocycles. The molecule has 0 fully saturated rings. The lowest BCUT2D eigenvalue weighted by atomic mass is 10.1. The highest BCUT2D eigenvalue weighted by Crippen LogP contribution is 2.03. The van der Waals surface area contributed by atoms with Crippen molar-refractivity contribution in [1.29, 1.82) is 0 Å². The van der Waals surface area contributed by atoms with Crippen LogP contribution in [0, 0.1) is 0 Å². The Hall–Kier alpha value is -0.170. The second-order valence-electron chi connectivity index (χ2n) is 4.48. The molecule has 0 aromatic rings. The SMILES string of the molecule is CCN(CCNS(=O)(=O)CC)CC(C)(C)O. The van der Waals surface area contributed by atoms with Crippen molar-refractivity contribution in [3.63, 3.8) is 0 Å². The standard InChI is InChI=1S/C10H24N2O3S/c1-5-12(9-10(3,4)13)8-7-11-16(14,15)6-2/h11,13H,5-9H2,1-4H3. The van der Waals surface area contributed by atoms with Crippen molar-refractivity contribution in [3.05, 3.63) is 0 Å². The summed E-state index contributed by atoms with van der Waals surface area (Å²) < 4.78 is 24.9. The number of sulfonamides is 1. The van der Waals surface area contributed by atoms with E-state index < -0.39 is 15.6 Å². The number of nitrogens with one attached hydrogen (secondary N) is 1. The zero-order valence-electron chi connectivity index (χ0n) is 10.7. The first-order valence-electron chi connectivity index (χ1n) is 5.62. The van der Waals surface area contributed by atoms with Crippen LogP contribution >= 0.6 is 0 Å². The van der Waals surface area contributed by atoms with Crippen molar-refractivity contribution in [2.24, 2.45) is 0 Å². The lowest BCUT2D eigenvalue weighted by Crippen LogP contribution is -2.42. The van der Waals surface area contributed by atoms with Gasteiger partial charge in [-0.2, -0.15) is 0 Å². The van der Waals surface area contributed by atoms with E-state index in [2.05, 4.69) is 4.72 Å². The molecule has 0 saturated heterocycles. The number of rotatable bonds is 8. The molecule has 0 aromatic heterocycles. The van der Waals surface area contributed by atoms with Gasteiger partial charge in [0, 0.05) is 19.6 Å². The van der Waals surface area contributed by atoms with Gasteiger partial charge in [0.1, 0.15) is 0 Å². The minimum absolute atomic E-state index is 0.102. The quantitative estimate of drug-likeness (QED) is 0.639. The summed E-state index contributed by atoms with van der Waals surface area (Å²) in [5.41, 5.74) is -0.750. The molecule has 0 unspecified atom stereocenters. The van der Waals surface area contributed by atoms with E-state index in [1.54, 1.807) is 20.8 Å². The van der Waals surface area contributed by atoms with E-state index in [0.29, 0.717) is 19.6 Å². The minimum atomic E-state index is -3.11. The molecule has 5 nitrogen and oxygen atoms in total. The molecule has 0 heterocycles. The number of aliphatic hydroxyl groups is 1. The van der Waals surface area contributed by atoms with E-state index in [9.17, 15) is 13.5 Å². The average Bonchev–Trinajstić information content (AvgIpc) is 2.14. The van der Waals surface area contributed by atoms with E-state index >= 15 is 0 Å². The van der Waals surface area contributed by atoms with Crippen LogP contribution in [0.2, 0.25) is 0 Å². The molecule has 0 radical (unpaired) electrons. The Morgan fingerprint density at radius 1 is 1.31 bits per heavy atom. The van der Waals surface area contributed by atoms with E-state index in [-0.39, 0.29) is 5.75 Å². The lowest BCUT2D eigenvalue weighted by Gasteiger charge is -2.27. The van der Waals surface area contributed by atoms with Crippen LogP contribution in [-0.4, -0.2) is 56.0 Å². The van der Waals surface area contributed by atoms with Crippen LogP contribution in [0.25, 0.3) is 0 Å². The molecule has 2 N–H and O–H groups in total. The van der Waals surface area contributed by atoms with Crippen molar-refractivity contribution < 1.29 is 13.5 Å². The smallest absolute Gasteiger partial charge is 0.211 e. The Morgan fingerprint density at radius 3 is 2.25 bits per heavy atom. The summed E-state index contributed by atoms with van der Waals surface area (Å²) in [6, 6.07) is 0. The number of nitrogens with zero attached hydrogens (tertiary/aromatic N) is 1. The largest absolute Gasteiger partial charge is 0.389 e. The summed E-state index contributed by atoms with van der Waals surface area (Å²) in [5, 5.41) is 9.64. The molecule has 6 heteroatoms. The van der Waals surface area contributed by atoms with Gasteiger partial charge in [0.25, 0.3) is 0 Å². The molecule has 98 valence electrons. The molecule has 0 saturated carbocycles. The van der Waals surface area contributed by atoms with Crippen LogP contribution in [0.4, 0.5) is 0 Å². The van der Waals surface area contributed by atoms with Crippen LogP contribution in [0.5, 0.6) is 0 Å². The van der Waals surface area contributed by atoms with Gasteiger partial charge < -0.3 is 5.11 Å². The fraction of sp³-hybridized carbons (Fsp3) is 1.00. The van der Waals surface area contributed by atoms with Gasteiger partial charge in [0.05, 0.1) is 11.4 Å². The van der Waals surface area contributed by atoms with Crippen LogP contribution in [-0.2, 0) is 10.0 Å². The Bertz CT molecular complexity index is 283. The molecule has 0 atom stereocenters. The molecule has 0 spiro atoms.